The first kappa shape index (κ1) is 13.2. The molecule has 20 heavy (non-hydrogen) atoms. The Kier molecular flexibility index (Phi) is 3.28. The molecule has 0 radical (unpaired) electrons. The Morgan fingerprint density at radius 2 is 2.20 bits per heavy atom. The van der Waals surface area contributed by atoms with E-state index in [1.165, 1.54) is 6.42 Å². The van der Waals surface area contributed by atoms with Gasteiger partial charge in [-0.05, 0) is 36.3 Å². The summed E-state index contributed by atoms with van der Waals surface area (Å²) < 4.78 is 0. The fourth-order valence-electron chi connectivity index (χ4n) is 3.29. The maximum Gasteiger partial charge on any atom is 0.224 e. The molecule has 1 aromatic heterocycles. The van der Waals surface area contributed by atoms with Gasteiger partial charge in [-0.25, -0.2) is 0 Å². The SMILES string of the molecule is CC1(C)CCC(NC(=O)Cc2c[nH]c3ccccc23)C1. The van der Waals surface area contributed by atoms with Gasteiger partial charge < -0.3 is 10.3 Å². The van der Waals surface area contributed by atoms with E-state index >= 15 is 0 Å². The fraction of sp³-hybridized carbons (Fsp3) is 0.471. The quantitative estimate of drug-likeness (QED) is 0.882. The summed E-state index contributed by atoms with van der Waals surface area (Å²) in [5.41, 5.74) is 2.55. The number of carbonyl (C=O) groups is 1. The van der Waals surface area contributed by atoms with E-state index in [9.17, 15) is 4.79 Å². The Balaban J connectivity index is 1.65. The highest BCUT2D eigenvalue weighted by molar-refractivity contribution is 5.88. The van der Waals surface area contributed by atoms with Crippen LogP contribution in [-0.4, -0.2) is 16.9 Å². The minimum atomic E-state index is 0.137. The monoisotopic (exact) mass is 270 g/mol. The van der Waals surface area contributed by atoms with Crippen LogP contribution in [0.25, 0.3) is 10.9 Å². The molecule has 1 fully saturated rings. The number of amides is 1. The minimum absolute atomic E-state index is 0.137. The van der Waals surface area contributed by atoms with Gasteiger partial charge in [0.2, 0.25) is 5.91 Å². The molecule has 1 aliphatic carbocycles. The molecule has 1 amide bonds. The predicted octanol–water partition coefficient (Wildman–Crippen LogP) is 3.41. The van der Waals surface area contributed by atoms with Crippen molar-refractivity contribution < 1.29 is 4.79 Å². The topological polar surface area (TPSA) is 44.9 Å². The van der Waals surface area contributed by atoms with Gasteiger partial charge in [-0.2, -0.15) is 0 Å². The highest BCUT2D eigenvalue weighted by atomic mass is 16.1. The van der Waals surface area contributed by atoms with Gasteiger partial charge in [0.05, 0.1) is 6.42 Å². The second-order valence-electron chi connectivity index (χ2n) is 6.71. The molecule has 1 unspecified atom stereocenters. The summed E-state index contributed by atoms with van der Waals surface area (Å²) >= 11 is 0. The summed E-state index contributed by atoms with van der Waals surface area (Å²) in [6.45, 7) is 4.55. The van der Waals surface area contributed by atoms with E-state index in [1.807, 2.05) is 24.4 Å². The van der Waals surface area contributed by atoms with Gasteiger partial charge in [0.15, 0.2) is 0 Å². The van der Waals surface area contributed by atoms with Crippen LogP contribution in [0.3, 0.4) is 0 Å². The summed E-state index contributed by atoms with van der Waals surface area (Å²) in [6.07, 6.45) is 5.80. The van der Waals surface area contributed by atoms with Crippen molar-refractivity contribution in [3.05, 3.63) is 36.0 Å². The smallest absolute Gasteiger partial charge is 0.224 e. The highest BCUT2D eigenvalue weighted by Crippen LogP contribution is 2.36. The zero-order chi connectivity index (χ0) is 14.2. The number of para-hydroxylation sites is 1. The van der Waals surface area contributed by atoms with Gasteiger partial charge in [-0.3, -0.25) is 4.79 Å². The fourth-order valence-corrected chi connectivity index (χ4v) is 3.29. The van der Waals surface area contributed by atoms with Crippen LogP contribution in [-0.2, 0) is 11.2 Å². The van der Waals surface area contributed by atoms with E-state index in [1.54, 1.807) is 0 Å². The van der Waals surface area contributed by atoms with Crippen molar-refractivity contribution >= 4 is 16.8 Å². The molecule has 2 N–H and O–H groups in total. The maximum atomic E-state index is 12.2. The van der Waals surface area contributed by atoms with Crippen molar-refractivity contribution in [2.24, 2.45) is 5.41 Å². The van der Waals surface area contributed by atoms with Gasteiger partial charge in [0.25, 0.3) is 0 Å². The Bertz CT molecular complexity index is 627. The van der Waals surface area contributed by atoms with Crippen molar-refractivity contribution in [1.82, 2.24) is 10.3 Å². The Morgan fingerprint density at radius 3 is 2.95 bits per heavy atom. The number of fused-ring (bicyclic) bond motifs is 1. The largest absolute Gasteiger partial charge is 0.361 e. The van der Waals surface area contributed by atoms with Crippen LogP contribution in [0.4, 0.5) is 0 Å². The summed E-state index contributed by atoms with van der Waals surface area (Å²) in [4.78, 5) is 15.4. The van der Waals surface area contributed by atoms with Crippen molar-refractivity contribution in [3.8, 4) is 0 Å². The Morgan fingerprint density at radius 1 is 1.40 bits per heavy atom. The normalized spacial score (nSPS) is 21.2. The molecule has 1 aliphatic rings. The zero-order valence-electron chi connectivity index (χ0n) is 12.2. The molecule has 1 heterocycles. The molecule has 0 saturated heterocycles. The van der Waals surface area contributed by atoms with Crippen LogP contribution in [0, 0.1) is 5.41 Å². The number of benzene rings is 1. The molecule has 3 heteroatoms. The lowest BCUT2D eigenvalue weighted by Gasteiger charge is -2.17. The van der Waals surface area contributed by atoms with E-state index < -0.39 is 0 Å². The molecule has 1 saturated carbocycles. The standard InChI is InChI=1S/C17H22N2O/c1-17(2)8-7-13(10-17)19-16(20)9-12-11-18-15-6-4-3-5-14(12)15/h3-6,11,13,18H,7-10H2,1-2H3,(H,19,20). The summed E-state index contributed by atoms with van der Waals surface area (Å²) in [5.74, 6) is 0.137. The van der Waals surface area contributed by atoms with E-state index in [4.69, 9.17) is 0 Å². The second kappa shape index (κ2) is 4.97. The van der Waals surface area contributed by atoms with Gasteiger partial charge in [-0.15, -0.1) is 0 Å². The molecular formula is C17H22N2O. The first-order valence-electron chi connectivity index (χ1n) is 7.38. The average Bonchev–Trinajstić information content (AvgIpc) is 2.94. The number of nitrogens with one attached hydrogen (secondary N) is 2. The number of hydrogen-bond donors (Lipinski definition) is 2. The van der Waals surface area contributed by atoms with Crippen molar-refractivity contribution in [1.29, 1.82) is 0 Å². The Hall–Kier alpha value is -1.77. The second-order valence-corrected chi connectivity index (χ2v) is 6.71. The lowest BCUT2D eigenvalue weighted by molar-refractivity contribution is -0.121. The molecule has 0 aliphatic heterocycles. The third-order valence-corrected chi connectivity index (χ3v) is 4.36. The highest BCUT2D eigenvalue weighted by Gasteiger charge is 2.31. The third-order valence-electron chi connectivity index (χ3n) is 4.36. The van der Waals surface area contributed by atoms with Crippen LogP contribution < -0.4 is 5.32 Å². The predicted molar refractivity (Wildman–Crippen MR) is 81.6 cm³/mol. The van der Waals surface area contributed by atoms with Crippen LogP contribution in [0.5, 0.6) is 0 Å². The summed E-state index contributed by atoms with van der Waals surface area (Å²) in [6, 6.07) is 8.46. The average molecular weight is 270 g/mol. The summed E-state index contributed by atoms with van der Waals surface area (Å²) in [5, 5.41) is 4.33. The minimum Gasteiger partial charge on any atom is -0.361 e. The Labute approximate surface area is 119 Å². The molecule has 0 spiro atoms. The van der Waals surface area contributed by atoms with Gasteiger partial charge in [-0.1, -0.05) is 32.0 Å². The van der Waals surface area contributed by atoms with E-state index in [2.05, 4.69) is 30.2 Å². The van der Waals surface area contributed by atoms with Crippen LogP contribution in [0.1, 0.15) is 38.7 Å². The maximum absolute atomic E-state index is 12.2. The summed E-state index contributed by atoms with van der Waals surface area (Å²) in [7, 11) is 0. The molecule has 1 atom stereocenters. The van der Waals surface area contributed by atoms with E-state index in [0.29, 0.717) is 17.9 Å². The number of aromatic amines is 1. The zero-order valence-corrected chi connectivity index (χ0v) is 12.2. The lowest BCUT2D eigenvalue weighted by atomic mass is 9.92. The third kappa shape index (κ3) is 2.72. The van der Waals surface area contributed by atoms with Gasteiger partial charge in [0.1, 0.15) is 0 Å². The molecule has 2 aromatic rings. The molecule has 3 rings (SSSR count). The first-order valence-corrected chi connectivity index (χ1v) is 7.38. The van der Waals surface area contributed by atoms with Crippen molar-refractivity contribution in [3.63, 3.8) is 0 Å². The molecule has 106 valence electrons. The van der Waals surface area contributed by atoms with E-state index in [0.717, 1.165) is 29.3 Å². The first-order chi connectivity index (χ1) is 9.53. The lowest BCUT2D eigenvalue weighted by Crippen LogP contribution is -2.34. The number of aromatic nitrogens is 1. The van der Waals surface area contributed by atoms with Crippen LogP contribution in [0.2, 0.25) is 0 Å². The van der Waals surface area contributed by atoms with E-state index in [-0.39, 0.29) is 5.91 Å². The van der Waals surface area contributed by atoms with Gasteiger partial charge in [0, 0.05) is 23.1 Å². The number of rotatable bonds is 3. The molecular weight excluding hydrogens is 248 g/mol. The van der Waals surface area contributed by atoms with Gasteiger partial charge >= 0.3 is 0 Å². The van der Waals surface area contributed by atoms with Crippen molar-refractivity contribution in [2.75, 3.05) is 0 Å². The molecule has 3 nitrogen and oxygen atoms in total. The molecule has 0 bridgehead atoms. The van der Waals surface area contributed by atoms with Crippen LogP contribution >= 0.6 is 0 Å². The van der Waals surface area contributed by atoms with Crippen LogP contribution in [0.15, 0.2) is 30.5 Å². The molecule has 1 aromatic carbocycles. The number of H-pyrrole nitrogens is 1. The van der Waals surface area contributed by atoms with Crippen molar-refractivity contribution in [2.45, 2.75) is 45.6 Å². The number of carbonyl (C=O) groups excluding carboxylic acids is 1. The number of hydrogen-bond acceptors (Lipinski definition) is 1.